The molecule has 0 spiro atoms. The number of carbonyl (C=O) groups excluding carboxylic acids is 2. The Labute approximate surface area is 181 Å². The first-order valence-electron chi connectivity index (χ1n) is 9.42. The van der Waals surface area contributed by atoms with Crippen molar-refractivity contribution in [3.05, 3.63) is 70.7 Å². The molecular formula is C21H24ClN3O4S. The molecule has 1 N–H and O–H groups in total. The highest BCUT2D eigenvalue weighted by molar-refractivity contribution is 7.88. The monoisotopic (exact) mass is 449 g/mol. The number of rotatable bonds is 6. The fourth-order valence-corrected chi connectivity index (χ4v) is 4.39. The minimum absolute atomic E-state index is 0.119. The molecule has 9 heteroatoms. The molecule has 1 heterocycles. The maximum absolute atomic E-state index is 13.2. The average molecular weight is 450 g/mol. The summed E-state index contributed by atoms with van der Waals surface area (Å²) >= 11 is 5.94. The fourth-order valence-electron chi connectivity index (χ4n) is 3.43. The smallest absolute Gasteiger partial charge is 0.247 e. The maximum Gasteiger partial charge on any atom is 0.247 e. The Morgan fingerprint density at radius 1 is 1.10 bits per heavy atom. The molecule has 1 saturated heterocycles. The standard InChI is InChI=1S/C21H24ClN3O4S/c1-21(20(27)23-12-16-6-4-3-5-7-16)15-24(30(2,28)29)14-19(26)25(21)13-17-8-10-18(22)11-9-17/h3-11H,12-15H2,1-2H3,(H,23,27)/t21-/m0/s1. The molecule has 1 aliphatic heterocycles. The van der Waals surface area contributed by atoms with Crippen LogP contribution in [0.25, 0.3) is 0 Å². The van der Waals surface area contributed by atoms with E-state index in [4.69, 9.17) is 11.6 Å². The molecule has 0 aliphatic carbocycles. The van der Waals surface area contributed by atoms with Crippen molar-refractivity contribution in [2.45, 2.75) is 25.6 Å². The molecule has 1 aliphatic rings. The van der Waals surface area contributed by atoms with Gasteiger partial charge in [-0.25, -0.2) is 8.42 Å². The highest BCUT2D eigenvalue weighted by Crippen LogP contribution is 2.27. The van der Waals surface area contributed by atoms with Crippen molar-refractivity contribution in [2.24, 2.45) is 0 Å². The summed E-state index contributed by atoms with van der Waals surface area (Å²) in [6.45, 7) is 1.62. The second-order valence-corrected chi connectivity index (χ2v) is 10.00. The molecule has 3 rings (SSSR count). The van der Waals surface area contributed by atoms with E-state index in [1.165, 1.54) is 4.90 Å². The number of amides is 2. The number of piperazine rings is 1. The molecule has 0 unspecified atom stereocenters. The quantitative estimate of drug-likeness (QED) is 0.730. The first-order valence-corrected chi connectivity index (χ1v) is 11.6. The SMILES string of the molecule is C[C@@]1(C(=O)NCc2ccccc2)CN(S(C)(=O)=O)CC(=O)N1Cc1ccc(Cl)cc1. The lowest BCUT2D eigenvalue weighted by Gasteiger charge is -2.46. The normalized spacial score (nSPS) is 20.2. The molecular weight excluding hydrogens is 426 g/mol. The van der Waals surface area contributed by atoms with Crippen LogP contribution in [-0.2, 0) is 32.7 Å². The van der Waals surface area contributed by atoms with Gasteiger partial charge in [0.25, 0.3) is 0 Å². The minimum Gasteiger partial charge on any atom is -0.350 e. The van der Waals surface area contributed by atoms with Crippen LogP contribution in [0.3, 0.4) is 0 Å². The van der Waals surface area contributed by atoms with Crippen LogP contribution in [0.2, 0.25) is 5.02 Å². The van der Waals surface area contributed by atoms with Crippen molar-refractivity contribution in [1.82, 2.24) is 14.5 Å². The van der Waals surface area contributed by atoms with Crippen LogP contribution >= 0.6 is 11.6 Å². The zero-order valence-electron chi connectivity index (χ0n) is 16.8. The molecule has 2 aromatic carbocycles. The minimum atomic E-state index is -3.64. The number of hydrogen-bond donors (Lipinski definition) is 1. The largest absolute Gasteiger partial charge is 0.350 e. The van der Waals surface area contributed by atoms with Crippen LogP contribution in [0.4, 0.5) is 0 Å². The number of carbonyl (C=O) groups is 2. The molecule has 2 aromatic rings. The molecule has 160 valence electrons. The van der Waals surface area contributed by atoms with Crippen molar-refractivity contribution >= 4 is 33.4 Å². The molecule has 1 atom stereocenters. The number of hydrogen-bond acceptors (Lipinski definition) is 4. The second kappa shape index (κ2) is 8.75. The molecule has 1 fully saturated rings. The van der Waals surface area contributed by atoms with E-state index < -0.39 is 27.4 Å². The lowest BCUT2D eigenvalue weighted by Crippen LogP contribution is -2.69. The summed E-state index contributed by atoms with van der Waals surface area (Å²) in [5.74, 6) is -0.846. The van der Waals surface area contributed by atoms with Crippen molar-refractivity contribution in [1.29, 1.82) is 0 Å². The fraction of sp³-hybridized carbons (Fsp3) is 0.333. The van der Waals surface area contributed by atoms with Gasteiger partial charge >= 0.3 is 0 Å². The lowest BCUT2D eigenvalue weighted by atomic mass is 9.94. The molecule has 0 radical (unpaired) electrons. The highest BCUT2D eigenvalue weighted by atomic mass is 35.5. The number of nitrogens with zero attached hydrogens (tertiary/aromatic N) is 2. The Morgan fingerprint density at radius 3 is 2.33 bits per heavy atom. The second-order valence-electron chi connectivity index (χ2n) is 7.58. The third-order valence-electron chi connectivity index (χ3n) is 5.20. The van der Waals surface area contributed by atoms with Gasteiger partial charge in [-0.2, -0.15) is 4.31 Å². The van der Waals surface area contributed by atoms with Crippen LogP contribution < -0.4 is 5.32 Å². The van der Waals surface area contributed by atoms with E-state index >= 15 is 0 Å². The van der Waals surface area contributed by atoms with Crippen LogP contribution in [0.15, 0.2) is 54.6 Å². The van der Waals surface area contributed by atoms with E-state index in [2.05, 4.69) is 5.32 Å². The van der Waals surface area contributed by atoms with Gasteiger partial charge in [-0.1, -0.05) is 54.1 Å². The zero-order valence-corrected chi connectivity index (χ0v) is 18.4. The molecule has 7 nitrogen and oxygen atoms in total. The summed E-state index contributed by atoms with van der Waals surface area (Å²) in [5.41, 5.74) is 0.329. The zero-order chi connectivity index (χ0) is 21.9. The van der Waals surface area contributed by atoms with Crippen LogP contribution in [0, 0.1) is 0 Å². The van der Waals surface area contributed by atoms with Gasteiger partial charge in [-0.05, 0) is 30.2 Å². The number of halogens is 1. The Balaban J connectivity index is 1.88. The summed E-state index contributed by atoms with van der Waals surface area (Å²) < 4.78 is 25.3. The van der Waals surface area contributed by atoms with Gasteiger partial charge in [-0.3, -0.25) is 9.59 Å². The lowest BCUT2D eigenvalue weighted by molar-refractivity contribution is -0.153. The first-order chi connectivity index (χ1) is 14.1. The van der Waals surface area contributed by atoms with Gasteiger partial charge < -0.3 is 10.2 Å². The summed E-state index contributed by atoms with van der Waals surface area (Å²) in [7, 11) is -3.64. The van der Waals surface area contributed by atoms with E-state index in [0.29, 0.717) is 5.02 Å². The number of nitrogens with one attached hydrogen (secondary N) is 1. The predicted molar refractivity (Wildman–Crippen MR) is 115 cm³/mol. The molecule has 0 aromatic heterocycles. The Hall–Kier alpha value is -2.42. The third-order valence-corrected chi connectivity index (χ3v) is 6.65. The number of benzene rings is 2. The Bertz CT molecular complexity index is 1030. The molecule has 30 heavy (non-hydrogen) atoms. The van der Waals surface area contributed by atoms with Crippen LogP contribution in [0.1, 0.15) is 18.1 Å². The first kappa shape index (κ1) is 22.3. The maximum atomic E-state index is 13.2. The predicted octanol–water partition coefficient (Wildman–Crippen LogP) is 2.02. The Morgan fingerprint density at radius 2 is 1.73 bits per heavy atom. The van der Waals surface area contributed by atoms with Crippen molar-refractivity contribution < 1.29 is 18.0 Å². The Kier molecular flexibility index (Phi) is 6.50. The van der Waals surface area contributed by atoms with Crippen molar-refractivity contribution in [3.63, 3.8) is 0 Å². The highest BCUT2D eigenvalue weighted by Gasteiger charge is 2.49. The van der Waals surface area contributed by atoms with E-state index in [9.17, 15) is 18.0 Å². The number of sulfonamides is 1. The average Bonchev–Trinajstić information content (AvgIpc) is 2.70. The topological polar surface area (TPSA) is 86.8 Å². The van der Waals surface area contributed by atoms with Gasteiger partial charge in [0.2, 0.25) is 21.8 Å². The van der Waals surface area contributed by atoms with E-state index in [1.54, 1.807) is 31.2 Å². The van der Waals surface area contributed by atoms with E-state index in [0.717, 1.165) is 21.7 Å². The summed E-state index contributed by atoms with van der Waals surface area (Å²) in [6, 6.07) is 16.3. The van der Waals surface area contributed by atoms with E-state index in [-0.39, 0.29) is 26.2 Å². The van der Waals surface area contributed by atoms with Crippen LogP contribution in [0.5, 0.6) is 0 Å². The van der Waals surface area contributed by atoms with Gasteiger partial charge in [-0.15, -0.1) is 0 Å². The van der Waals surface area contributed by atoms with Gasteiger partial charge in [0.05, 0.1) is 12.8 Å². The van der Waals surface area contributed by atoms with E-state index in [1.807, 2.05) is 30.3 Å². The van der Waals surface area contributed by atoms with Crippen molar-refractivity contribution in [2.75, 3.05) is 19.3 Å². The summed E-state index contributed by atoms with van der Waals surface area (Å²) in [4.78, 5) is 27.6. The third kappa shape index (κ3) is 5.00. The van der Waals surface area contributed by atoms with Crippen molar-refractivity contribution in [3.8, 4) is 0 Å². The van der Waals surface area contributed by atoms with Gasteiger partial charge in [0, 0.05) is 24.7 Å². The molecule has 0 saturated carbocycles. The van der Waals surface area contributed by atoms with Gasteiger partial charge in [0.15, 0.2) is 0 Å². The molecule has 2 amide bonds. The van der Waals surface area contributed by atoms with Crippen LogP contribution in [-0.4, -0.2) is 54.3 Å². The molecule has 0 bridgehead atoms. The summed E-state index contributed by atoms with van der Waals surface area (Å²) in [5, 5.41) is 3.42. The van der Waals surface area contributed by atoms with Gasteiger partial charge in [0.1, 0.15) is 5.54 Å². The summed E-state index contributed by atoms with van der Waals surface area (Å²) in [6.07, 6.45) is 1.04.